The van der Waals surface area contributed by atoms with Crippen LogP contribution in [0.1, 0.15) is 39.7 Å². The Kier molecular flexibility index (Phi) is 10.1. The number of benzene rings is 1. The predicted molar refractivity (Wildman–Crippen MR) is 148 cm³/mol. The maximum Gasteiger partial charge on any atom is 0.230 e. The molecule has 1 atom stereocenters. The van der Waals surface area contributed by atoms with Crippen molar-refractivity contribution in [2.75, 3.05) is 36.8 Å². The molecular formula is C25H32Cl3N5O2S. The van der Waals surface area contributed by atoms with E-state index in [1.807, 2.05) is 17.9 Å². The Morgan fingerprint density at radius 3 is 2.56 bits per heavy atom. The lowest BCUT2D eigenvalue weighted by Crippen LogP contribution is -2.54. The summed E-state index contributed by atoms with van der Waals surface area (Å²) >= 11 is 19.6. The first-order valence-corrected chi connectivity index (χ1v) is 14.0. The van der Waals surface area contributed by atoms with Crippen LogP contribution in [0.25, 0.3) is 0 Å². The average molecular weight is 573 g/mol. The molecule has 2 heterocycles. The highest BCUT2D eigenvalue weighted by Crippen LogP contribution is 2.26. The second kappa shape index (κ2) is 12.7. The number of carbonyl (C=O) groups is 2. The lowest BCUT2D eigenvalue weighted by Gasteiger charge is -2.41. The molecule has 1 aromatic carbocycles. The summed E-state index contributed by atoms with van der Waals surface area (Å²) in [5.74, 6) is 0.912. The van der Waals surface area contributed by atoms with Crippen LogP contribution in [0.15, 0.2) is 29.4 Å². The van der Waals surface area contributed by atoms with E-state index in [2.05, 4.69) is 41.0 Å². The van der Waals surface area contributed by atoms with Gasteiger partial charge in [0.2, 0.25) is 11.8 Å². The molecule has 2 aromatic rings. The molecule has 1 saturated heterocycles. The van der Waals surface area contributed by atoms with E-state index in [4.69, 9.17) is 34.8 Å². The molecule has 0 radical (unpaired) electrons. The van der Waals surface area contributed by atoms with E-state index in [0.717, 1.165) is 5.56 Å². The van der Waals surface area contributed by atoms with Gasteiger partial charge in [0, 0.05) is 54.8 Å². The Bertz CT molecular complexity index is 1100. The standard InChI is InChI=1S/C25H32Cl3N5O2S/c1-16-14-32(9-10-33(16)23(35)13-25(2,3)4)21-12-20(28)30-24(31-21)36-15-22(34)29-8-7-17-5-6-18(26)11-19(17)27/h5-6,11-12,16H,7-10,13-15H2,1-4H3,(H,29,34). The van der Waals surface area contributed by atoms with Crippen molar-refractivity contribution in [1.29, 1.82) is 0 Å². The molecule has 0 saturated carbocycles. The second-order valence-electron chi connectivity index (χ2n) is 10.1. The third-order valence-corrected chi connectivity index (χ3v) is 7.31. The normalized spacial score (nSPS) is 16.2. The molecule has 0 spiro atoms. The smallest absolute Gasteiger partial charge is 0.230 e. The van der Waals surface area contributed by atoms with Gasteiger partial charge in [0.1, 0.15) is 11.0 Å². The van der Waals surface area contributed by atoms with Crippen LogP contribution in [0.3, 0.4) is 0 Å². The number of nitrogens with zero attached hydrogens (tertiary/aromatic N) is 4. The number of hydrogen-bond donors (Lipinski definition) is 1. The number of halogens is 3. The fourth-order valence-corrected chi connectivity index (χ4v) is 5.36. The Balaban J connectivity index is 1.51. The summed E-state index contributed by atoms with van der Waals surface area (Å²) in [5.41, 5.74) is 0.876. The minimum absolute atomic E-state index is 0.0462. The molecule has 1 fully saturated rings. The van der Waals surface area contributed by atoms with E-state index >= 15 is 0 Å². The van der Waals surface area contributed by atoms with Crippen LogP contribution in [-0.4, -0.2) is 64.7 Å². The minimum Gasteiger partial charge on any atom is -0.355 e. The Labute approximate surface area is 232 Å². The fraction of sp³-hybridized carbons (Fsp3) is 0.520. The molecule has 2 amide bonds. The predicted octanol–water partition coefficient (Wildman–Crippen LogP) is 5.36. The van der Waals surface area contributed by atoms with E-state index in [0.29, 0.717) is 65.2 Å². The number of hydrogen-bond acceptors (Lipinski definition) is 6. The highest BCUT2D eigenvalue weighted by molar-refractivity contribution is 7.99. The van der Waals surface area contributed by atoms with Crippen LogP contribution in [-0.2, 0) is 16.0 Å². The van der Waals surface area contributed by atoms with Crippen LogP contribution in [0.5, 0.6) is 0 Å². The van der Waals surface area contributed by atoms with E-state index < -0.39 is 0 Å². The first-order chi connectivity index (χ1) is 16.9. The van der Waals surface area contributed by atoms with Gasteiger partial charge >= 0.3 is 0 Å². The van der Waals surface area contributed by atoms with Crippen molar-refractivity contribution in [2.45, 2.75) is 51.7 Å². The summed E-state index contributed by atoms with van der Waals surface area (Å²) < 4.78 is 0. The monoisotopic (exact) mass is 571 g/mol. The van der Waals surface area contributed by atoms with E-state index in [1.165, 1.54) is 11.8 Å². The summed E-state index contributed by atoms with van der Waals surface area (Å²) in [5, 5.41) is 4.80. The van der Waals surface area contributed by atoms with Gasteiger partial charge < -0.3 is 15.1 Å². The maximum atomic E-state index is 12.7. The van der Waals surface area contributed by atoms with E-state index in [-0.39, 0.29) is 29.0 Å². The van der Waals surface area contributed by atoms with E-state index in [9.17, 15) is 9.59 Å². The fourth-order valence-electron chi connectivity index (χ4n) is 3.95. The van der Waals surface area contributed by atoms with Crippen LogP contribution in [0.4, 0.5) is 5.82 Å². The number of nitrogens with one attached hydrogen (secondary N) is 1. The summed E-state index contributed by atoms with van der Waals surface area (Å²) in [6.45, 7) is 10.7. The summed E-state index contributed by atoms with van der Waals surface area (Å²) in [7, 11) is 0. The average Bonchev–Trinajstić information content (AvgIpc) is 2.77. The number of anilines is 1. The number of carbonyl (C=O) groups excluding carboxylic acids is 2. The van der Waals surface area contributed by atoms with E-state index in [1.54, 1.807) is 18.2 Å². The van der Waals surface area contributed by atoms with Gasteiger partial charge in [0.15, 0.2) is 5.16 Å². The molecule has 11 heteroatoms. The third kappa shape index (κ3) is 8.68. The summed E-state index contributed by atoms with van der Waals surface area (Å²) in [4.78, 5) is 38.0. The number of piperazine rings is 1. The molecule has 0 bridgehead atoms. The quantitative estimate of drug-likeness (QED) is 0.261. The van der Waals surface area contributed by atoms with Crippen molar-refractivity contribution in [3.8, 4) is 0 Å². The largest absolute Gasteiger partial charge is 0.355 e. The van der Waals surface area contributed by atoms with Crippen molar-refractivity contribution in [1.82, 2.24) is 20.2 Å². The Morgan fingerprint density at radius 2 is 1.89 bits per heavy atom. The zero-order valence-electron chi connectivity index (χ0n) is 21.0. The SMILES string of the molecule is CC1CN(c2cc(Cl)nc(SCC(=O)NCCc3ccc(Cl)cc3Cl)n2)CCN1C(=O)CC(C)(C)C. The molecule has 0 aliphatic carbocycles. The van der Waals surface area contributed by atoms with Crippen molar-refractivity contribution in [3.05, 3.63) is 45.0 Å². The molecule has 3 rings (SSSR count). The van der Waals surface area contributed by atoms with Crippen molar-refractivity contribution in [2.24, 2.45) is 5.41 Å². The molecule has 1 aliphatic heterocycles. The summed E-state index contributed by atoms with van der Waals surface area (Å²) in [6, 6.07) is 7.10. The molecular weight excluding hydrogens is 541 g/mol. The van der Waals surface area contributed by atoms with Gasteiger partial charge in [-0.3, -0.25) is 9.59 Å². The number of thioether (sulfide) groups is 1. The van der Waals surface area contributed by atoms with Crippen LogP contribution in [0, 0.1) is 5.41 Å². The zero-order chi connectivity index (χ0) is 26.5. The van der Waals surface area contributed by atoms with Gasteiger partial charge in [-0.1, -0.05) is 73.4 Å². The molecule has 36 heavy (non-hydrogen) atoms. The van der Waals surface area contributed by atoms with Crippen molar-refractivity contribution < 1.29 is 9.59 Å². The van der Waals surface area contributed by atoms with Crippen LogP contribution >= 0.6 is 46.6 Å². The molecule has 7 nitrogen and oxygen atoms in total. The second-order valence-corrected chi connectivity index (χ2v) is 12.2. The highest BCUT2D eigenvalue weighted by Gasteiger charge is 2.30. The van der Waals surface area contributed by atoms with Gasteiger partial charge in [-0.2, -0.15) is 0 Å². The number of amides is 2. The van der Waals surface area contributed by atoms with Crippen LogP contribution in [0.2, 0.25) is 15.2 Å². The van der Waals surface area contributed by atoms with Crippen LogP contribution < -0.4 is 10.2 Å². The topological polar surface area (TPSA) is 78.4 Å². The molecule has 1 aromatic heterocycles. The van der Waals surface area contributed by atoms with Gasteiger partial charge in [-0.15, -0.1) is 0 Å². The lowest BCUT2D eigenvalue weighted by atomic mass is 9.91. The summed E-state index contributed by atoms with van der Waals surface area (Å²) in [6.07, 6.45) is 1.12. The first kappa shape index (κ1) is 28.8. The van der Waals surface area contributed by atoms with Gasteiger partial charge in [-0.25, -0.2) is 9.97 Å². The Hall–Kier alpha value is -1.74. The third-order valence-electron chi connectivity index (χ3n) is 5.68. The highest BCUT2D eigenvalue weighted by atomic mass is 35.5. The van der Waals surface area contributed by atoms with Gasteiger partial charge in [0.05, 0.1) is 5.75 Å². The zero-order valence-corrected chi connectivity index (χ0v) is 24.1. The first-order valence-electron chi connectivity index (χ1n) is 11.8. The molecule has 1 aliphatic rings. The number of rotatable bonds is 8. The Morgan fingerprint density at radius 1 is 1.14 bits per heavy atom. The van der Waals surface area contributed by atoms with Crippen molar-refractivity contribution in [3.63, 3.8) is 0 Å². The lowest BCUT2D eigenvalue weighted by molar-refractivity contribution is -0.135. The number of aromatic nitrogens is 2. The maximum absolute atomic E-state index is 12.7. The van der Waals surface area contributed by atoms with Gasteiger partial charge in [0.25, 0.3) is 0 Å². The molecule has 1 N–H and O–H groups in total. The minimum atomic E-state index is -0.130. The van der Waals surface area contributed by atoms with Gasteiger partial charge in [-0.05, 0) is 36.5 Å². The molecule has 196 valence electrons. The molecule has 1 unspecified atom stereocenters. The van der Waals surface area contributed by atoms with Crippen molar-refractivity contribution >= 4 is 64.2 Å².